The van der Waals surface area contributed by atoms with Crippen molar-refractivity contribution in [3.8, 4) is 0 Å². The van der Waals surface area contributed by atoms with Crippen molar-refractivity contribution >= 4 is 53.0 Å². The second kappa shape index (κ2) is 10.8. The molecule has 23 heavy (non-hydrogen) atoms. The van der Waals surface area contributed by atoms with Gasteiger partial charge >= 0.3 is 0 Å². The maximum atomic E-state index is 5.53. The van der Waals surface area contributed by atoms with E-state index in [2.05, 4.69) is 41.6 Å². The number of ether oxygens (including phenoxy) is 1. The van der Waals surface area contributed by atoms with Crippen LogP contribution in [0.4, 0.5) is 0 Å². The molecule has 1 aromatic rings. The zero-order valence-electron chi connectivity index (χ0n) is 14.2. The molecule has 0 bridgehead atoms. The molecule has 1 aromatic heterocycles. The van der Waals surface area contributed by atoms with Gasteiger partial charge < -0.3 is 15.4 Å². The summed E-state index contributed by atoms with van der Waals surface area (Å²) in [5.74, 6) is 2.02. The van der Waals surface area contributed by atoms with Crippen LogP contribution in [0.2, 0.25) is 0 Å². The first-order chi connectivity index (χ1) is 10.7. The van der Waals surface area contributed by atoms with Crippen LogP contribution in [0.3, 0.4) is 0 Å². The van der Waals surface area contributed by atoms with Crippen LogP contribution in [-0.2, 0) is 11.3 Å². The van der Waals surface area contributed by atoms with E-state index < -0.39 is 0 Å². The maximum absolute atomic E-state index is 5.53. The van der Waals surface area contributed by atoms with Gasteiger partial charge in [0.2, 0.25) is 0 Å². The van der Waals surface area contributed by atoms with Crippen LogP contribution in [0.25, 0.3) is 0 Å². The third-order valence-electron chi connectivity index (χ3n) is 3.88. The summed E-state index contributed by atoms with van der Waals surface area (Å²) < 4.78 is 5.81. The minimum absolute atomic E-state index is 0. The molecule has 0 aromatic carbocycles. The summed E-state index contributed by atoms with van der Waals surface area (Å²) in [6.07, 6.45) is 2.22. The normalized spacial score (nSPS) is 17.4. The topological polar surface area (TPSA) is 45.7 Å². The monoisotopic (exact) mass is 469 g/mol. The number of rotatable bonds is 6. The van der Waals surface area contributed by atoms with Gasteiger partial charge in [0.05, 0.1) is 6.54 Å². The molecule has 2 rings (SSSR count). The summed E-state index contributed by atoms with van der Waals surface area (Å²) in [4.78, 5) is 7.03. The van der Waals surface area contributed by atoms with Crippen LogP contribution >= 0.6 is 47.1 Å². The first-order valence-corrected chi connectivity index (χ1v) is 9.69. The Bertz CT molecular complexity index is 482. The smallest absolute Gasteiger partial charge is 0.191 e. The van der Waals surface area contributed by atoms with Crippen molar-refractivity contribution in [3.05, 3.63) is 21.9 Å². The number of guanidine groups is 1. The minimum atomic E-state index is 0. The lowest BCUT2D eigenvalue weighted by Gasteiger charge is -2.37. The summed E-state index contributed by atoms with van der Waals surface area (Å²) in [5, 5.41) is 6.92. The highest BCUT2D eigenvalue weighted by Crippen LogP contribution is 2.34. The number of hydrogen-bond donors (Lipinski definition) is 2. The zero-order chi connectivity index (χ0) is 15.8. The molecule has 0 aliphatic carbocycles. The van der Waals surface area contributed by atoms with E-state index in [9.17, 15) is 0 Å². The minimum Gasteiger partial charge on any atom is -0.381 e. The van der Waals surface area contributed by atoms with Gasteiger partial charge in [-0.2, -0.15) is 11.8 Å². The van der Waals surface area contributed by atoms with E-state index in [1.807, 2.05) is 30.1 Å². The molecule has 0 amide bonds. The average molecular weight is 469 g/mol. The summed E-state index contributed by atoms with van der Waals surface area (Å²) in [7, 11) is 1.83. The van der Waals surface area contributed by atoms with Crippen LogP contribution in [0.1, 0.15) is 29.5 Å². The van der Waals surface area contributed by atoms with E-state index in [1.165, 1.54) is 9.75 Å². The highest BCUT2D eigenvalue weighted by atomic mass is 127. The quantitative estimate of drug-likeness (QED) is 0.380. The third kappa shape index (κ3) is 6.80. The third-order valence-corrected chi connectivity index (χ3v) is 6.34. The number of aliphatic imine (C=N–C) groups is 1. The molecular formula is C16H28IN3OS2. The molecule has 4 nitrogen and oxygen atoms in total. The Morgan fingerprint density at radius 1 is 1.35 bits per heavy atom. The van der Waals surface area contributed by atoms with Gasteiger partial charge in [0.1, 0.15) is 0 Å². The second-order valence-electron chi connectivity index (χ2n) is 5.52. The lowest BCUT2D eigenvalue weighted by Crippen LogP contribution is -2.47. The predicted molar refractivity (Wildman–Crippen MR) is 114 cm³/mol. The number of nitrogens with one attached hydrogen (secondary N) is 2. The summed E-state index contributed by atoms with van der Waals surface area (Å²) in [6, 6.07) is 4.33. The summed E-state index contributed by atoms with van der Waals surface area (Å²) in [6.45, 7) is 7.88. The van der Waals surface area contributed by atoms with E-state index in [1.54, 1.807) is 0 Å². The molecule has 0 atom stereocenters. The van der Waals surface area contributed by atoms with Crippen molar-refractivity contribution in [2.24, 2.45) is 4.99 Å². The Morgan fingerprint density at radius 2 is 2.09 bits per heavy atom. The molecule has 2 N–H and O–H groups in total. The Hall–Kier alpha value is 0.01000. The van der Waals surface area contributed by atoms with Crippen molar-refractivity contribution in [1.29, 1.82) is 0 Å². The zero-order valence-corrected chi connectivity index (χ0v) is 18.1. The van der Waals surface area contributed by atoms with Gasteiger partial charge in [0.25, 0.3) is 0 Å². The molecule has 0 spiro atoms. The molecule has 7 heteroatoms. The number of thioether (sulfide) groups is 1. The fourth-order valence-electron chi connectivity index (χ4n) is 2.64. The fourth-order valence-corrected chi connectivity index (χ4v) is 4.71. The van der Waals surface area contributed by atoms with Crippen molar-refractivity contribution in [2.75, 3.05) is 32.6 Å². The largest absolute Gasteiger partial charge is 0.381 e. The Kier molecular flexibility index (Phi) is 9.87. The standard InChI is InChI=1S/C16H27N3OS2.HI/c1-4-21-16(7-9-20-10-8-16)12-19-15(17-3)18-11-14-6-5-13(2)22-14;/h5-6H,4,7-12H2,1-3H3,(H2,17,18,19);1H. The van der Waals surface area contributed by atoms with Crippen LogP contribution in [0.15, 0.2) is 17.1 Å². The van der Waals surface area contributed by atoms with E-state index in [0.29, 0.717) is 0 Å². The molecular weight excluding hydrogens is 441 g/mol. The van der Waals surface area contributed by atoms with Crippen LogP contribution in [0, 0.1) is 6.92 Å². The lowest BCUT2D eigenvalue weighted by atomic mass is 9.99. The number of aryl methyl sites for hydroxylation is 1. The first-order valence-electron chi connectivity index (χ1n) is 7.89. The molecule has 1 aliphatic rings. The Morgan fingerprint density at radius 3 is 2.65 bits per heavy atom. The van der Waals surface area contributed by atoms with E-state index >= 15 is 0 Å². The number of halogens is 1. The molecule has 0 unspecified atom stereocenters. The second-order valence-corrected chi connectivity index (χ2v) is 8.62. The maximum Gasteiger partial charge on any atom is 0.191 e. The predicted octanol–water partition coefficient (Wildman–Crippen LogP) is 3.64. The molecule has 0 radical (unpaired) electrons. The highest BCUT2D eigenvalue weighted by Gasteiger charge is 2.32. The van der Waals surface area contributed by atoms with Crippen molar-refractivity contribution in [3.63, 3.8) is 0 Å². The van der Waals surface area contributed by atoms with Gasteiger partial charge in [-0.05, 0) is 37.7 Å². The molecule has 2 heterocycles. The fraction of sp³-hybridized carbons (Fsp3) is 0.688. The van der Waals surface area contributed by atoms with Gasteiger partial charge in [-0.15, -0.1) is 35.3 Å². The first kappa shape index (κ1) is 21.1. The van der Waals surface area contributed by atoms with E-state index in [-0.39, 0.29) is 28.7 Å². The molecule has 1 saturated heterocycles. The summed E-state index contributed by atoms with van der Waals surface area (Å²) >= 11 is 3.87. The lowest BCUT2D eigenvalue weighted by molar-refractivity contribution is 0.0782. The number of nitrogens with zero attached hydrogens (tertiary/aromatic N) is 1. The Labute approximate surface area is 165 Å². The average Bonchev–Trinajstić information content (AvgIpc) is 2.94. The highest BCUT2D eigenvalue weighted by molar-refractivity contribution is 14.0. The van der Waals surface area contributed by atoms with Gasteiger partial charge in [-0.25, -0.2) is 0 Å². The Balaban J connectivity index is 0.00000264. The van der Waals surface area contributed by atoms with Gasteiger partial charge in [-0.3, -0.25) is 4.99 Å². The van der Waals surface area contributed by atoms with Gasteiger partial charge in [0, 0.05) is 41.3 Å². The van der Waals surface area contributed by atoms with Gasteiger partial charge in [-0.1, -0.05) is 6.92 Å². The van der Waals surface area contributed by atoms with E-state index in [4.69, 9.17) is 4.74 Å². The van der Waals surface area contributed by atoms with Gasteiger partial charge in [0.15, 0.2) is 5.96 Å². The summed E-state index contributed by atoms with van der Waals surface area (Å²) in [5.41, 5.74) is 0. The molecule has 0 saturated carbocycles. The molecule has 1 aliphatic heterocycles. The van der Waals surface area contributed by atoms with Crippen LogP contribution < -0.4 is 10.6 Å². The van der Waals surface area contributed by atoms with Crippen LogP contribution in [0.5, 0.6) is 0 Å². The molecule has 132 valence electrons. The van der Waals surface area contributed by atoms with Crippen molar-refractivity contribution in [1.82, 2.24) is 10.6 Å². The van der Waals surface area contributed by atoms with E-state index in [0.717, 1.165) is 50.9 Å². The SMILES string of the molecule is CCSC1(CNC(=NC)NCc2ccc(C)s2)CCOCC1.I. The van der Waals surface area contributed by atoms with Crippen LogP contribution in [-0.4, -0.2) is 43.3 Å². The number of hydrogen-bond acceptors (Lipinski definition) is 4. The van der Waals surface area contributed by atoms with Crippen molar-refractivity contribution < 1.29 is 4.74 Å². The van der Waals surface area contributed by atoms with Crippen molar-refractivity contribution in [2.45, 2.75) is 38.0 Å². The molecule has 1 fully saturated rings. The number of thiophene rings is 1.